The largest absolute Gasteiger partial charge is 0.347 e. The number of carbonyl (C=O) groups excluding carboxylic acids is 3. The predicted molar refractivity (Wildman–Crippen MR) is 113 cm³/mol. The molecule has 3 rings (SSSR count). The van der Waals surface area contributed by atoms with Crippen LogP contribution in [0.25, 0.3) is 0 Å². The molecule has 0 aliphatic carbocycles. The molecular weight excluding hydrogens is 455 g/mol. The molecule has 1 aliphatic rings. The minimum absolute atomic E-state index is 0.00371. The molecule has 9 heteroatoms. The minimum atomic E-state index is -0.410. The molecule has 2 heterocycles. The van der Waals surface area contributed by atoms with Crippen molar-refractivity contribution in [3.63, 3.8) is 0 Å². The first-order chi connectivity index (χ1) is 14.4. The molecule has 30 heavy (non-hydrogen) atoms. The Kier molecular flexibility index (Phi) is 7.51. The van der Waals surface area contributed by atoms with Gasteiger partial charge < -0.3 is 15.5 Å². The zero-order valence-corrected chi connectivity index (χ0v) is 17.8. The van der Waals surface area contributed by atoms with Crippen LogP contribution in [0.1, 0.15) is 18.4 Å². The average Bonchev–Trinajstić information content (AvgIpc) is 2.74. The zero-order chi connectivity index (χ0) is 21.5. The van der Waals surface area contributed by atoms with E-state index in [2.05, 4.69) is 31.5 Å². The highest BCUT2D eigenvalue weighted by Crippen LogP contribution is 2.19. The summed E-state index contributed by atoms with van der Waals surface area (Å²) in [6, 6.07) is 9.26. The maximum absolute atomic E-state index is 13.2. The molecule has 0 bridgehead atoms. The van der Waals surface area contributed by atoms with Crippen LogP contribution < -0.4 is 10.6 Å². The number of piperidine rings is 1. The van der Waals surface area contributed by atoms with Crippen LogP contribution in [0.3, 0.4) is 0 Å². The standard InChI is InChI=1S/C21H22BrFN4O3/c22-16-6-7-18(24-11-16)26-21(30)15-4-2-8-27(13-15)20(29)12-25-19(28)10-14-3-1-5-17(23)9-14/h1,3,5-7,9,11,15H,2,4,8,10,12-13H2,(H,25,28)(H,24,26,30). The van der Waals surface area contributed by atoms with Gasteiger partial charge in [0.05, 0.1) is 18.9 Å². The van der Waals surface area contributed by atoms with Crippen LogP contribution in [0.2, 0.25) is 0 Å². The Balaban J connectivity index is 1.47. The van der Waals surface area contributed by atoms with Gasteiger partial charge in [0.25, 0.3) is 0 Å². The predicted octanol–water partition coefficient (Wildman–Crippen LogP) is 2.52. The summed E-state index contributed by atoms with van der Waals surface area (Å²) in [6.07, 6.45) is 2.97. The first-order valence-electron chi connectivity index (χ1n) is 9.62. The molecule has 0 radical (unpaired) electrons. The topological polar surface area (TPSA) is 91.4 Å². The summed E-state index contributed by atoms with van der Waals surface area (Å²) in [5.41, 5.74) is 0.538. The first-order valence-corrected chi connectivity index (χ1v) is 10.4. The van der Waals surface area contributed by atoms with Crippen LogP contribution in [0.5, 0.6) is 0 Å². The van der Waals surface area contributed by atoms with Gasteiger partial charge in [-0.25, -0.2) is 9.37 Å². The highest BCUT2D eigenvalue weighted by molar-refractivity contribution is 9.10. The average molecular weight is 477 g/mol. The minimum Gasteiger partial charge on any atom is -0.347 e. The van der Waals surface area contributed by atoms with Crippen molar-refractivity contribution in [2.75, 3.05) is 25.0 Å². The number of hydrogen-bond donors (Lipinski definition) is 2. The molecule has 0 spiro atoms. The zero-order valence-electron chi connectivity index (χ0n) is 16.2. The molecule has 1 aromatic heterocycles. The Hall–Kier alpha value is -2.81. The van der Waals surface area contributed by atoms with Gasteiger partial charge in [-0.2, -0.15) is 0 Å². The van der Waals surface area contributed by atoms with E-state index in [9.17, 15) is 18.8 Å². The quantitative estimate of drug-likeness (QED) is 0.669. The smallest absolute Gasteiger partial charge is 0.241 e. The Bertz CT molecular complexity index is 923. The lowest BCUT2D eigenvalue weighted by Gasteiger charge is -2.32. The van der Waals surface area contributed by atoms with E-state index in [1.165, 1.54) is 18.2 Å². The molecule has 1 aromatic carbocycles. The fourth-order valence-corrected chi connectivity index (χ4v) is 3.51. The van der Waals surface area contributed by atoms with Crippen LogP contribution in [-0.4, -0.2) is 47.2 Å². The Morgan fingerprint density at radius 3 is 2.80 bits per heavy atom. The van der Waals surface area contributed by atoms with Crippen molar-refractivity contribution in [3.8, 4) is 0 Å². The van der Waals surface area contributed by atoms with E-state index in [-0.39, 0.29) is 36.6 Å². The van der Waals surface area contributed by atoms with Crippen LogP contribution in [-0.2, 0) is 20.8 Å². The van der Waals surface area contributed by atoms with Gasteiger partial charge in [-0.1, -0.05) is 12.1 Å². The fraction of sp³-hybridized carbons (Fsp3) is 0.333. The van der Waals surface area contributed by atoms with Crippen molar-refractivity contribution in [2.45, 2.75) is 19.3 Å². The van der Waals surface area contributed by atoms with Crippen molar-refractivity contribution in [1.82, 2.24) is 15.2 Å². The Morgan fingerprint density at radius 1 is 1.23 bits per heavy atom. The lowest BCUT2D eigenvalue weighted by atomic mass is 9.97. The number of anilines is 1. The van der Waals surface area contributed by atoms with E-state index in [4.69, 9.17) is 0 Å². The lowest BCUT2D eigenvalue weighted by molar-refractivity contribution is -0.135. The van der Waals surface area contributed by atoms with Crippen LogP contribution in [0.4, 0.5) is 10.2 Å². The van der Waals surface area contributed by atoms with Crippen molar-refractivity contribution in [1.29, 1.82) is 0 Å². The number of benzene rings is 1. The molecule has 1 saturated heterocycles. The Morgan fingerprint density at radius 2 is 2.07 bits per heavy atom. The second kappa shape index (κ2) is 10.3. The van der Waals surface area contributed by atoms with Gasteiger partial charge in [-0.05, 0) is 58.6 Å². The third kappa shape index (κ3) is 6.35. The van der Waals surface area contributed by atoms with Gasteiger partial charge in [-0.15, -0.1) is 0 Å². The number of carbonyl (C=O) groups is 3. The van der Waals surface area contributed by atoms with E-state index in [1.807, 2.05) is 0 Å². The van der Waals surface area contributed by atoms with E-state index in [1.54, 1.807) is 29.3 Å². The van der Waals surface area contributed by atoms with E-state index >= 15 is 0 Å². The third-order valence-corrected chi connectivity index (χ3v) is 5.28. The number of nitrogens with zero attached hydrogens (tertiary/aromatic N) is 2. The Labute approximate surface area is 182 Å². The van der Waals surface area contributed by atoms with Gasteiger partial charge in [0, 0.05) is 23.8 Å². The number of halogens is 2. The summed E-state index contributed by atoms with van der Waals surface area (Å²) in [5, 5.41) is 5.34. The molecule has 7 nitrogen and oxygen atoms in total. The third-order valence-electron chi connectivity index (χ3n) is 4.81. The normalized spacial score (nSPS) is 16.1. The van der Waals surface area contributed by atoms with Gasteiger partial charge >= 0.3 is 0 Å². The number of aromatic nitrogens is 1. The van der Waals surface area contributed by atoms with Crippen LogP contribution in [0, 0.1) is 11.7 Å². The molecule has 0 saturated carbocycles. The van der Waals surface area contributed by atoms with Crippen molar-refractivity contribution >= 4 is 39.5 Å². The SMILES string of the molecule is O=C(Cc1cccc(F)c1)NCC(=O)N1CCCC(C(=O)Nc2ccc(Br)cn2)C1. The van der Waals surface area contributed by atoms with Crippen molar-refractivity contribution < 1.29 is 18.8 Å². The molecule has 2 aromatic rings. The summed E-state index contributed by atoms with van der Waals surface area (Å²) < 4.78 is 14.0. The number of likely N-dealkylation sites (tertiary alicyclic amines) is 1. The molecule has 1 fully saturated rings. The lowest BCUT2D eigenvalue weighted by Crippen LogP contribution is -2.47. The molecule has 1 unspecified atom stereocenters. The number of amides is 3. The fourth-order valence-electron chi connectivity index (χ4n) is 3.28. The monoisotopic (exact) mass is 476 g/mol. The molecular formula is C21H22BrFN4O3. The molecule has 1 atom stereocenters. The van der Waals surface area contributed by atoms with Gasteiger partial charge in [-0.3, -0.25) is 14.4 Å². The van der Waals surface area contributed by atoms with Crippen LogP contribution >= 0.6 is 15.9 Å². The molecule has 3 amide bonds. The molecule has 1 aliphatic heterocycles. The highest BCUT2D eigenvalue weighted by atomic mass is 79.9. The van der Waals surface area contributed by atoms with E-state index < -0.39 is 5.82 Å². The molecule has 2 N–H and O–H groups in total. The highest BCUT2D eigenvalue weighted by Gasteiger charge is 2.28. The first kappa shape index (κ1) is 21.9. The maximum atomic E-state index is 13.2. The van der Waals surface area contributed by atoms with Crippen LogP contribution in [0.15, 0.2) is 47.1 Å². The summed E-state index contributed by atoms with van der Waals surface area (Å²) in [5.74, 6) is -1.08. The summed E-state index contributed by atoms with van der Waals surface area (Å²) in [6.45, 7) is 0.677. The number of pyridine rings is 1. The van der Waals surface area contributed by atoms with Gasteiger partial charge in [0.1, 0.15) is 11.6 Å². The maximum Gasteiger partial charge on any atom is 0.241 e. The number of rotatable bonds is 6. The second-order valence-electron chi connectivity index (χ2n) is 7.11. The summed E-state index contributed by atoms with van der Waals surface area (Å²) in [7, 11) is 0. The van der Waals surface area contributed by atoms with E-state index in [0.717, 1.165) is 4.47 Å². The van der Waals surface area contributed by atoms with Crippen molar-refractivity contribution in [2.24, 2.45) is 5.92 Å². The summed E-state index contributed by atoms with van der Waals surface area (Å²) in [4.78, 5) is 42.7. The number of hydrogen-bond acceptors (Lipinski definition) is 4. The molecule has 158 valence electrons. The van der Waals surface area contributed by atoms with Gasteiger partial charge in [0.2, 0.25) is 17.7 Å². The van der Waals surface area contributed by atoms with Gasteiger partial charge in [0.15, 0.2) is 0 Å². The summed E-state index contributed by atoms with van der Waals surface area (Å²) >= 11 is 3.29. The number of nitrogens with one attached hydrogen (secondary N) is 2. The van der Waals surface area contributed by atoms with Crippen molar-refractivity contribution in [3.05, 3.63) is 58.4 Å². The second-order valence-corrected chi connectivity index (χ2v) is 8.03. The van der Waals surface area contributed by atoms with E-state index in [0.29, 0.717) is 37.3 Å².